The molecule has 0 amide bonds. The molecule has 5 atom stereocenters. The second-order valence-corrected chi connectivity index (χ2v) is 9.54. The van der Waals surface area contributed by atoms with Gasteiger partial charge in [0.2, 0.25) is 0 Å². The molecule has 2 fully saturated rings. The van der Waals surface area contributed by atoms with Gasteiger partial charge in [-0.05, 0) is 61.6 Å². The molecule has 3 aliphatic rings. The Bertz CT molecular complexity index is 874. The van der Waals surface area contributed by atoms with Crippen molar-refractivity contribution in [2.75, 3.05) is 6.61 Å². The molecular formula is C19H21NO3S2. The Morgan fingerprint density at radius 2 is 2.16 bits per heavy atom. The minimum absolute atomic E-state index is 0.0404. The summed E-state index contributed by atoms with van der Waals surface area (Å²) < 4.78 is 5.61. The summed E-state index contributed by atoms with van der Waals surface area (Å²) in [6, 6.07) is 5.73. The summed E-state index contributed by atoms with van der Waals surface area (Å²) in [5, 5.41) is 11.7. The number of aromatic amines is 1. The number of thiazole rings is 1. The highest BCUT2D eigenvalue weighted by Gasteiger charge is 2.54. The second kappa shape index (κ2) is 5.81. The van der Waals surface area contributed by atoms with Gasteiger partial charge < -0.3 is 14.8 Å². The van der Waals surface area contributed by atoms with Crippen LogP contribution in [0.2, 0.25) is 0 Å². The monoisotopic (exact) mass is 375 g/mol. The van der Waals surface area contributed by atoms with Crippen molar-refractivity contribution in [1.82, 2.24) is 4.98 Å². The quantitative estimate of drug-likeness (QED) is 0.844. The van der Waals surface area contributed by atoms with E-state index in [4.69, 9.17) is 4.74 Å². The van der Waals surface area contributed by atoms with Gasteiger partial charge in [0, 0.05) is 16.0 Å². The number of ether oxygens (including phenoxy) is 1. The fourth-order valence-corrected chi connectivity index (χ4v) is 8.11. The van der Waals surface area contributed by atoms with Crippen molar-refractivity contribution >= 4 is 23.1 Å². The Morgan fingerprint density at radius 3 is 3.00 bits per heavy atom. The third kappa shape index (κ3) is 2.37. The third-order valence-electron chi connectivity index (χ3n) is 6.11. The van der Waals surface area contributed by atoms with Gasteiger partial charge in [-0.25, -0.2) is 0 Å². The molecule has 2 aliphatic carbocycles. The zero-order chi connectivity index (χ0) is 17.1. The van der Waals surface area contributed by atoms with E-state index in [2.05, 4.69) is 4.98 Å². The summed E-state index contributed by atoms with van der Waals surface area (Å²) in [5.41, 5.74) is 1.17. The molecule has 2 aromatic rings. The maximum Gasteiger partial charge on any atom is 0.305 e. The maximum absolute atomic E-state index is 12.0. The first kappa shape index (κ1) is 15.8. The van der Waals surface area contributed by atoms with Crippen LogP contribution in [-0.2, 0) is 0 Å². The molecule has 6 heteroatoms. The van der Waals surface area contributed by atoms with Crippen LogP contribution in [0.25, 0.3) is 0 Å². The highest BCUT2D eigenvalue weighted by Crippen LogP contribution is 2.63. The summed E-state index contributed by atoms with van der Waals surface area (Å²) in [5.74, 6) is 3.08. The molecule has 2 saturated carbocycles. The van der Waals surface area contributed by atoms with Crippen LogP contribution in [0.5, 0.6) is 11.5 Å². The van der Waals surface area contributed by atoms with Crippen molar-refractivity contribution in [1.29, 1.82) is 0 Å². The van der Waals surface area contributed by atoms with Crippen LogP contribution in [0, 0.1) is 17.8 Å². The topological polar surface area (TPSA) is 62.3 Å². The lowest BCUT2D eigenvalue weighted by Gasteiger charge is -2.40. The summed E-state index contributed by atoms with van der Waals surface area (Å²) in [4.78, 5) is 16.3. The second-order valence-electron chi connectivity index (χ2n) is 7.34. The van der Waals surface area contributed by atoms with Crippen molar-refractivity contribution in [3.63, 3.8) is 0 Å². The number of fused-ring (bicyclic) bond motifs is 6. The number of aromatic nitrogens is 1. The first-order valence-corrected chi connectivity index (χ1v) is 10.7. The van der Waals surface area contributed by atoms with E-state index in [-0.39, 0.29) is 16.5 Å². The zero-order valence-corrected chi connectivity index (χ0v) is 15.7. The van der Waals surface area contributed by atoms with Gasteiger partial charge in [0.05, 0.1) is 11.6 Å². The fourth-order valence-electron chi connectivity index (χ4n) is 5.22. The van der Waals surface area contributed by atoms with E-state index in [0.29, 0.717) is 23.5 Å². The molecule has 1 aromatic heterocycles. The highest BCUT2D eigenvalue weighted by atomic mass is 32.2. The van der Waals surface area contributed by atoms with Crippen LogP contribution in [0.4, 0.5) is 0 Å². The summed E-state index contributed by atoms with van der Waals surface area (Å²) in [6.07, 6.45) is 3.97. The lowest BCUT2D eigenvalue weighted by atomic mass is 9.75. The number of aromatic hydroxyl groups is 1. The van der Waals surface area contributed by atoms with Gasteiger partial charge in [-0.2, -0.15) is 0 Å². The van der Waals surface area contributed by atoms with E-state index in [1.54, 1.807) is 6.07 Å². The predicted octanol–water partition coefficient (Wildman–Crippen LogP) is 4.19. The molecule has 0 saturated heterocycles. The van der Waals surface area contributed by atoms with Crippen molar-refractivity contribution in [2.24, 2.45) is 17.8 Å². The van der Waals surface area contributed by atoms with Gasteiger partial charge >= 0.3 is 4.87 Å². The van der Waals surface area contributed by atoms with E-state index in [1.165, 1.54) is 41.0 Å². The SMILES string of the molecule is CCOc1cc([C@@H]2c3sc(=O)[nH]c3S[C@@H]3[C@@H]4CC[C@H](C4)[C@H]23)ccc1O. The summed E-state index contributed by atoms with van der Waals surface area (Å²) in [6.45, 7) is 2.45. The predicted molar refractivity (Wildman–Crippen MR) is 100 cm³/mol. The number of hydrogen-bond donors (Lipinski definition) is 2. The highest BCUT2D eigenvalue weighted by molar-refractivity contribution is 8.00. The Kier molecular flexibility index (Phi) is 3.68. The Balaban J connectivity index is 1.65. The van der Waals surface area contributed by atoms with Gasteiger partial charge in [-0.15, -0.1) is 11.8 Å². The number of phenolic OH excluding ortho intramolecular Hbond substituents is 1. The number of hydrogen-bond acceptors (Lipinski definition) is 5. The number of H-pyrrole nitrogens is 1. The van der Waals surface area contributed by atoms with Gasteiger partial charge in [0.25, 0.3) is 0 Å². The van der Waals surface area contributed by atoms with Gasteiger partial charge in [0.15, 0.2) is 11.5 Å². The zero-order valence-electron chi connectivity index (χ0n) is 14.0. The van der Waals surface area contributed by atoms with E-state index in [1.807, 2.05) is 30.8 Å². The van der Waals surface area contributed by atoms with Crippen molar-refractivity contribution < 1.29 is 9.84 Å². The van der Waals surface area contributed by atoms with Gasteiger partial charge in [-0.3, -0.25) is 4.79 Å². The molecule has 2 heterocycles. The molecular weight excluding hydrogens is 354 g/mol. The lowest BCUT2D eigenvalue weighted by Crippen LogP contribution is -2.33. The first-order valence-electron chi connectivity index (χ1n) is 9.01. The number of thioether (sulfide) groups is 1. The molecule has 2 bridgehead atoms. The summed E-state index contributed by atoms with van der Waals surface area (Å²) >= 11 is 3.26. The molecule has 4 nitrogen and oxygen atoms in total. The van der Waals surface area contributed by atoms with E-state index >= 15 is 0 Å². The van der Waals surface area contributed by atoms with Crippen LogP contribution in [0.3, 0.4) is 0 Å². The average molecular weight is 376 g/mol. The van der Waals surface area contributed by atoms with Crippen LogP contribution in [0.1, 0.15) is 42.5 Å². The maximum atomic E-state index is 12.0. The molecule has 0 unspecified atom stereocenters. The van der Waals surface area contributed by atoms with Gasteiger partial charge in [-0.1, -0.05) is 17.4 Å². The largest absolute Gasteiger partial charge is 0.504 e. The molecule has 132 valence electrons. The molecule has 1 aromatic carbocycles. The number of benzene rings is 1. The Morgan fingerprint density at radius 1 is 1.32 bits per heavy atom. The summed E-state index contributed by atoms with van der Waals surface area (Å²) in [7, 11) is 0. The van der Waals surface area contributed by atoms with Gasteiger partial charge in [0.1, 0.15) is 0 Å². The molecule has 5 rings (SSSR count). The van der Waals surface area contributed by atoms with E-state index in [9.17, 15) is 9.90 Å². The molecule has 0 spiro atoms. The molecule has 1 aliphatic heterocycles. The van der Waals surface area contributed by atoms with Crippen LogP contribution >= 0.6 is 23.1 Å². The van der Waals surface area contributed by atoms with Crippen LogP contribution in [-0.4, -0.2) is 21.9 Å². The number of phenols is 1. The minimum Gasteiger partial charge on any atom is -0.504 e. The third-order valence-corrected chi connectivity index (χ3v) is 8.73. The molecule has 2 N–H and O–H groups in total. The average Bonchev–Trinajstić information content (AvgIpc) is 3.28. The smallest absolute Gasteiger partial charge is 0.305 e. The van der Waals surface area contributed by atoms with Crippen molar-refractivity contribution in [3.8, 4) is 11.5 Å². The van der Waals surface area contributed by atoms with Crippen molar-refractivity contribution in [2.45, 2.75) is 42.4 Å². The van der Waals surface area contributed by atoms with Crippen LogP contribution < -0.4 is 9.61 Å². The Hall–Kier alpha value is -1.40. The minimum atomic E-state index is 0.0404. The fraction of sp³-hybridized carbons (Fsp3) is 0.526. The lowest BCUT2D eigenvalue weighted by molar-refractivity contribution is 0.302. The van der Waals surface area contributed by atoms with Crippen molar-refractivity contribution in [3.05, 3.63) is 38.3 Å². The Labute approximate surface area is 154 Å². The molecule has 25 heavy (non-hydrogen) atoms. The van der Waals surface area contributed by atoms with Crippen LogP contribution in [0.15, 0.2) is 28.0 Å². The standard InChI is InChI=1S/C19H21NO3S2/c1-2-23-13-8-10(5-6-12(13)21)15-14-9-3-4-11(7-9)16(14)24-18-17(15)25-19(22)20-18/h5-6,8-9,11,14-16,21H,2-4,7H2,1H3,(H,20,22)/t9-,11-,14-,15+,16-/m1/s1. The number of nitrogens with one attached hydrogen (secondary N) is 1. The van der Waals surface area contributed by atoms with E-state index < -0.39 is 0 Å². The number of rotatable bonds is 3. The first-order chi connectivity index (χ1) is 12.2. The normalized spacial score (nSPS) is 32.4. The molecule has 0 radical (unpaired) electrons. The van der Waals surface area contributed by atoms with E-state index in [0.717, 1.165) is 16.9 Å².